The van der Waals surface area contributed by atoms with Gasteiger partial charge in [0.15, 0.2) is 0 Å². The Labute approximate surface area is 175 Å². The second-order valence-electron chi connectivity index (χ2n) is 7.67. The third-order valence-corrected chi connectivity index (χ3v) is 3.99. The fourth-order valence-electron chi connectivity index (χ4n) is 2.59. The van der Waals surface area contributed by atoms with E-state index in [0.717, 1.165) is 11.6 Å². The van der Waals surface area contributed by atoms with Gasteiger partial charge in [-0.25, -0.2) is 9.18 Å². The normalized spacial score (nSPS) is 12.0. The molecule has 0 radical (unpaired) electrons. The second kappa shape index (κ2) is 8.37. The summed E-state index contributed by atoms with van der Waals surface area (Å²) in [7, 11) is 0. The highest BCUT2D eigenvalue weighted by atomic mass is 19.4. The van der Waals surface area contributed by atoms with Gasteiger partial charge in [-0.3, -0.25) is 0 Å². The van der Waals surface area contributed by atoms with Crippen LogP contribution in [0.15, 0.2) is 47.0 Å². The molecule has 164 valence electrons. The lowest BCUT2D eigenvalue weighted by molar-refractivity contribution is -0.139. The van der Waals surface area contributed by atoms with Crippen molar-refractivity contribution in [3.8, 4) is 22.8 Å². The molecule has 1 heterocycles. The lowest BCUT2D eigenvalue weighted by atomic mass is 10.1. The fraction of sp³-hybridized carbons (Fsp3) is 0.286. The van der Waals surface area contributed by atoms with Crippen molar-refractivity contribution in [2.24, 2.45) is 0 Å². The van der Waals surface area contributed by atoms with Crippen LogP contribution in [0.5, 0.6) is 0 Å². The molecule has 6 nitrogen and oxygen atoms in total. The van der Waals surface area contributed by atoms with Crippen LogP contribution in [-0.2, 0) is 17.5 Å². The molecule has 0 bridgehead atoms. The van der Waals surface area contributed by atoms with Gasteiger partial charge in [-0.1, -0.05) is 29.4 Å². The van der Waals surface area contributed by atoms with Gasteiger partial charge in [0.25, 0.3) is 5.89 Å². The molecule has 2 aromatic carbocycles. The first-order valence-electron chi connectivity index (χ1n) is 9.19. The molecule has 1 aromatic heterocycles. The minimum atomic E-state index is -4.84. The Hall–Kier alpha value is -3.43. The molecule has 0 atom stereocenters. The van der Waals surface area contributed by atoms with Crippen molar-refractivity contribution in [3.63, 3.8) is 0 Å². The minimum absolute atomic E-state index is 0.0503. The Morgan fingerprint density at radius 2 is 1.71 bits per heavy atom. The monoisotopic (exact) mass is 437 g/mol. The predicted octanol–water partition coefficient (Wildman–Crippen LogP) is 5.59. The maximum Gasteiger partial charge on any atom is 0.419 e. The first-order valence-corrected chi connectivity index (χ1v) is 9.19. The second-order valence-corrected chi connectivity index (χ2v) is 7.67. The molecule has 1 amide bonds. The summed E-state index contributed by atoms with van der Waals surface area (Å²) in [5.41, 5.74) is -0.728. The lowest BCUT2D eigenvalue weighted by Crippen LogP contribution is -2.32. The van der Waals surface area contributed by atoms with Crippen LogP contribution >= 0.6 is 0 Å². The Kier molecular flexibility index (Phi) is 6.01. The van der Waals surface area contributed by atoms with E-state index >= 15 is 0 Å². The highest BCUT2D eigenvalue weighted by Gasteiger charge is 2.34. The summed E-state index contributed by atoms with van der Waals surface area (Å²) in [6.45, 7) is 5.52. The molecule has 0 saturated heterocycles. The molecule has 0 unspecified atom stereocenters. The molecule has 31 heavy (non-hydrogen) atoms. The van der Waals surface area contributed by atoms with Crippen molar-refractivity contribution in [1.29, 1.82) is 0 Å². The third kappa shape index (κ3) is 5.80. The molecule has 0 fully saturated rings. The van der Waals surface area contributed by atoms with Gasteiger partial charge < -0.3 is 14.6 Å². The van der Waals surface area contributed by atoms with Crippen molar-refractivity contribution < 1.29 is 31.6 Å². The van der Waals surface area contributed by atoms with E-state index in [1.54, 1.807) is 45.0 Å². The fourth-order valence-corrected chi connectivity index (χ4v) is 2.59. The number of nitrogens with one attached hydrogen (secondary N) is 1. The minimum Gasteiger partial charge on any atom is -0.444 e. The molecule has 1 N–H and O–H groups in total. The van der Waals surface area contributed by atoms with E-state index in [2.05, 4.69) is 15.5 Å². The molecule has 0 spiro atoms. The standard InChI is InChI=1S/C21H19F4N3O3/c1-20(2,3)30-19(29)26-11-12-4-6-13(7-5-12)17-27-18(31-28-17)14-8-9-16(22)15(10-14)21(23,24)25/h4-10H,11H2,1-3H3,(H,26,29). The summed E-state index contributed by atoms with van der Waals surface area (Å²) in [6, 6.07) is 9.25. The smallest absolute Gasteiger partial charge is 0.419 e. The van der Waals surface area contributed by atoms with Crippen LogP contribution in [0, 0.1) is 5.82 Å². The number of amides is 1. The van der Waals surface area contributed by atoms with Crippen LogP contribution in [-0.4, -0.2) is 21.8 Å². The SMILES string of the molecule is CC(C)(C)OC(=O)NCc1ccc(-c2noc(-c3ccc(F)c(C(F)(F)F)c3)n2)cc1. The predicted molar refractivity (Wildman–Crippen MR) is 103 cm³/mol. The Morgan fingerprint density at radius 3 is 2.32 bits per heavy atom. The summed E-state index contributed by atoms with van der Waals surface area (Å²) in [5, 5.41) is 6.40. The van der Waals surface area contributed by atoms with Gasteiger partial charge in [0.2, 0.25) is 5.82 Å². The van der Waals surface area contributed by atoms with E-state index in [1.165, 1.54) is 0 Å². The number of rotatable bonds is 4. The maximum atomic E-state index is 13.5. The zero-order chi connectivity index (χ0) is 22.8. The molecule has 0 saturated carbocycles. The number of aromatic nitrogens is 2. The van der Waals surface area contributed by atoms with Crippen LogP contribution in [0.1, 0.15) is 31.9 Å². The number of nitrogens with zero attached hydrogens (tertiary/aromatic N) is 2. The number of ether oxygens (including phenoxy) is 1. The molecule has 0 aliphatic carbocycles. The highest BCUT2D eigenvalue weighted by molar-refractivity contribution is 5.67. The van der Waals surface area contributed by atoms with E-state index in [9.17, 15) is 22.4 Å². The van der Waals surface area contributed by atoms with Gasteiger partial charge in [0.1, 0.15) is 11.4 Å². The van der Waals surface area contributed by atoms with E-state index in [4.69, 9.17) is 9.26 Å². The average molecular weight is 437 g/mol. The van der Waals surface area contributed by atoms with Crippen LogP contribution in [0.4, 0.5) is 22.4 Å². The highest BCUT2D eigenvalue weighted by Crippen LogP contribution is 2.34. The number of alkyl carbamates (subject to hydrolysis) is 1. The Bertz CT molecular complexity index is 1070. The molecule has 3 rings (SSSR count). The number of carbonyl (C=O) groups excluding carboxylic acids is 1. The van der Waals surface area contributed by atoms with Crippen molar-refractivity contribution in [2.45, 2.75) is 39.1 Å². The van der Waals surface area contributed by atoms with Crippen LogP contribution < -0.4 is 5.32 Å². The van der Waals surface area contributed by atoms with Crippen molar-refractivity contribution in [2.75, 3.05) is 0 Å². The van der Waals surface area contributed by atoms with E-state index in [-0.39, 0.29) is 23.8 Å². The van der Waals surface area contributed by atoms with Crippen molar-refractivity contribution >= 4 is 6.09 Å². The zero-order valence-electron chi connectivity index (χ0n) is 16.9. The molecule has 0 aliphatic rings. The summed E-state index contributed by atoms with van der Waals surface area (Å²) in [5.74, 6) is -1.40. The average Bonchev–Trinajstić information content (AvgIpc) is 3.15. The van der Waals surface area contributed by atoms with Crippen molar-refractivity contribution in [1.82, 2.24) is 15.5 Å². The van der Waals surface area contributed by atoms with Gasteiger partial charge in [-0.05, 0) is 44.5 Å². The Balaban J connectivity index is 1.71. The molecule has 10 heteroatoms. The van der Waals surface area contributed by atoms with Crippen LogP contribution in [0.2, 0.25) is 0 Å². The number of hydrogen-bond acceptors (Lipinski definition) is 5. The summed E-state index contributed by atoms with van der Waals surface area (Å²) in [6.07, 6.45) is -5.39. The van der Waals surface area contributed by atoms with E-state index in [1.807, 2.05) is 0 Å². The maximum absolute atomic E-state index is 13.5. The third-order valence-electron chi connectivity index (χ3n) is 3.99. The van der Waals surface area contributed by atoms with Gasteiger partial charge in [-0.2, -0.15) is 18.2 Å². The Morgan fingerprint density at radius 1 is 1.06 bits per heavy atom. The first-order chi connectivity index (χ1) is 14.4. The van der Waals surface area contributed by atoms with Gasteiger partial charge in [-0.15, -0.1) is 0 Å². The van der Waals surface area contributed by atoms with Gasteiger partial charge in [0.05, 0.1) is 5.56 Å². The summed E-state index contributed by atoms with van der Waals surface area (Å²) in [4.78, 5) is 15.8. The molecular weight excluding hydrogens is 418 g/mol. The first kappa shape index (κ1) is 22.3. The number of halogens is 4. The van der Waals surface area contributed by atoms with E-state index < -0.39 is 29.3 Å². The van der Waals surface area contributed by atoms with E-state index in [0.29, 0.717) is 17.7 Å². The number of carbonyl (C=O) groups is 1. The quantitative estimate of drug-likeness (QED) is 0.539. The van der Waals surface area contributed by atoms with Gasteiger partial charge >= 0.3 is 12.3 Å². The lowest BCUT2D eigenvalue weighted by Gasteiger charge is -2.19. The van der Waals surface area contributed by atoms with Crippen LogP contribution in [0.3, 0.4) is 0 Å². The van der Waals surface area contributed by atoms with Gasteiger partial charge in [0, 0.05) is 17.7 Å². The molecular formula is C21H19F4N3O3. The number of hydrogen-bond donors (Lipinski definition) is 1. The number of alkyl halides is 3. The van der Waals surface area contributed by atoms with Crippen molar-refractivity contribution in [3.05, 3.63) is 59.4 Å². The zero-order valence-corrected chi connectivity index (χ0v) is 16.9. The summed E-state index contributed by atoms with van der Waals surface area (Å²) < 4.78 is 62.4. The van der Waals surface area contributed by atoms with Crippen LogP contribution in [0.25, 0.3) is 22.8 Å². The molecule has 0 aliphatic heterocycles. The summed E-state index contributed by atoms with van der Waals surface area (Å²) >= 11 is 0. The topological polar surface area (TPSA) is 77.2 Å². The number of benzene rings is 2. The largest absolute Gasteiger partial charge is 0.444 e. The molecule has 3 aromatic rings.